The molecule has 0 bridgehead atoms. The smallest absolute Gasteiger partial charge is 0.338 e. The molecule has 1 atom stereocenters. The lowest BCUT2D eigenvalue weighted by Crippen LogP contribution is -2.40. The molecule has 4 rings (SSSR count). The average molecular weight is 800 g/mol. The second kappa shape index (κ2) is 14.0. The molecule has 216 valence electrons. The molecule has 1 aliphatic heterocycles. The van der Waals surface area contributed by atoms with Gasteiger partial charge in [0.1, 0.15) is 29.9 Å². The Hall–Kier alpha value is -2.65. The van der Waals surface area contributed by atoms with Gasteiger partial charge in [0, 0.05) is 5.56 Å². The molecule has 0 fully saturated rings. The zero-order valence-electron chi connectivity index (χ0n) is 23.2. The first kappa shape index (κ1) is 31.3. The van der Waals surface area contributed by atoms with Crippen molar-refractivity contribution in [2.24, 2.45) is 4.99 Å². The summed E-state index contributed by atoms with van der Waals surface area (Å²) in [7, 11) is 3.12. The molecule has 0 aliphatic carbocycles. The van der Waals surface area contributed by atoms with Crippen molar-refractivity contribution in [1.29, 1.82) is 0 Å². The molecular formula is C30H30I2N2O6S. The van der Waals surface area contributed by atoms with Gasteiger partial charge < -0.3 is 18.9 Å². The molecule has 0 unspecified atom stereocenters. The van der Waals surface area contributed by atoms with Crippen molar-refractivity contribution in [3.05, 3.63) is 92.2 Å². The van der Waals surface area contributed by atoms with Gasteiger partial charge in [-0.2, -0.15) is 0 Å². The first-order valence-corrected chi connectivity index (χ1v) is 15.9. The molecule has 1 aliphatic rings. The minimum absolute atomic E-state index is 0.192. The highest BCUT2D eigenvalue weighted by atomic mass is 127. The number of rotatable bonds is 11. The molecule has 0 amide bonds. The highest BCUT2D eigenvalue weighted by molar-refractivity contribution is 14.1. The van der Waals surface area contributed by atoms with Crippen LogP contribution in [0.15, 0.2) is 64.0 Å². The molecule has 0 spiro atoms. The standard InChI is InChI=1S/C30H30I2N2O6S/c1-6-9-22-25(29(36)39-8-3)26(19-16-18(37-4)10-11-23(19)38-5)34-28(35)24(41-30(34)33-22)15-17-13-20(31)27(21(32)14-17)40-12-7-2/h7,10-11,13-16,26H,2,6,8-9,12H2,1,3-5H3/b24-15-/t26-/m0/s1. The Kier molecular flexibility index (Phi) is 10.7. The van der Waals surface area contributed by atoms with Gasteiger partial charge in [-0.05, 0) is 100 Å². The summed E-state index contributed by atoms with van der Waals surface area (Å²) >= 11 is 5.74. The molecule has 11 heteroatoms. The summed E-state index contributed by atoms with van der Waals surface area (Å²) in [5.41, 5.74) is 2.12. The van der Waals surface area contributed by atoms with E-state index in [1.165, 1.54) is 11.3 Å². The van der Waals surface area contributed by atoms with Crippen molar-refractivity contribution in [3.63, 3.8) is 0 Å². The molecule has 8 nitrogen and oxygen atoms in total. The fraction of sp³-hybridized carbons (Fsp3) is 0.300. The van der Waals surface area contributed by atoms with Crippen molar-refractivity contribution < 1.29 is 23.7 Å². The number of methoxy groups -OCH3 is 2. The van der Waals surface area contributed by atoms with Crippen molar-refractivity contribution in [2.45, 2.75) is 32.7 Å². The zero-order chi connectivity index (χ0) is 29.7. The Morgan fingerprint density at radius 2 is 1.88 bits per heavy atom. The number of allylic oxidation sites excluding steroid dienone is 1. The van der Waals surface area contributed by atoms with E-state index >= 15 is 0 Å². The van der Waals surface area contributed by atoms with Crippen LogP contribution in [0.4, 0.5) is 0 Å². The lowest BCUT2D eigenvalue weighted by Gasteiger charge is -2.27. The number of aromatic nitrogens is 1. The van der Waals surface area contributed by atoms with Gasteiger partial charge in [0.2, 0.25) is 0 Å². The Bertz CT molecular complexity index is 1670. The summed E-state index contributed by atoms with van der Waals surface area (Å²) in [5.74, 6) is 1.36. The fourth-order valence-corrected chi connectivity index (χ4v) is 7.71. The van der Waals surface area contributed by atoms with E-state index in [1.54, 1.807) is 50.0 Å². The Balaban J connectivity index is 2.00. The molecule has 0 radical (unpaired) electrons. The average Bonchev–Trinajstić information content (AvgIpc) is 3.25. The van der Waals surface area contributed by atoms with E-state index in [9.17, 15) is 9.59 Å². The highest BCUT2D eigenvalue weighted by Crippen LogP contribution is 2.39. The summed E-state index contributed by atoms with van der Waals surface area (Å²) in [6.07, 6.45) is 4.85. The molecule has 0 N–H and O–H groups in total. The number of ether oxygens (including phenoxy) is 4. The Morgan fingerprint density at radius 1 is 1.15 bits per heavy atom. The number of nitrogens with zero attached hydrogens (tertiary/aromatic N) is 2. The number of thiazole rings is 1. The molecule has 3 aromatic rings. The summed E-state index contributed by atoms with van der Waals surface area (Å²) < 4.78 is 26.4. The fourth-order valence-electron chi connectivity index (χ4n) is 4.56. The van der Waals surface area contributed by atoms with Crippen LogP contribution in [0.25, 0.3) is 6.08 Å². The summed E-state index contributed by atoms with van der Waals surface area (Å²) in [6.45, 7) is 8.09. The topological polar surface area (TPSA) is 88.3 Å². The van der Waals surface area contributed by atoms with E-state index in [1.807, 2.05) is 25.1 Å². The van der Waals surface area contributed by atoms with Crippen molar-refractivity contribution in [3.8, 4) is 17.2 Å². The first-order valence-electron chi connectivity index (χ1n) is 12.9. The van der Waals surface area contributed by atoms with Crippen molar-refractivity contribution in [1.82, 2.24) is 4.57 Å². The SMILES string of the molecule is C=CCOc1c(I)cc(/C=c2\sc3n(c2=O)[C@@H](c2cc(OC)ccc2OC)C(C(=O)OCC)=C(CCC)N=3)cc1I. The third kappa shape index (κ3) is 6.56. The number of halogens is 2. The number of carbonyl (C=O) groups is 1. The predicted octanol–water partition coefficient (Wildman–Crippen LogP) is 5.37. The molecule has 41 heavy (non-hydrogen) atoms. The number of fused-ring (bicyclic) bond motifs is 1. The number of hydrogen-bond acceptors (Lipinski definition) is 8. The normalized spacial score (nSPS) is 14.8. The molecule has 2 aromatic carbocycles. The van der Waals surface area contributed by atoms with Gasteiger partial charge in [0.05, 0.1) is 43.8 Å². The van der Waals surface area contributed by atoms with Crippen LogP contribution in [-0.4, -0.2) is 38.0 Å². The molecule has 0 saturated heterocycles. The summed E-state index contributed by atoms with van der Waals surface area (Å²) in [5, 5.41) is 0. The third-order valence-electron chi connectivity index (χ3n) is 6.29. The van der Waals surface area contributed by atoms with Crippen LogP contribution >= 0.6 is 56.5 Å². The van der Waals surface area contributed by atoms with Gasteiger partial charge in [-0.25, -0.2) is 9.79 Å². The van der Waals surface area contributed by atoms with E-state index in [2.05, 4.69) is 51.8 Å². The van der Waals surface area contributed by atoms with Gasteiger partial charge in [-0.1, -0.05) is 37.3 Å². The minimum atomic E-state index is -0.811. The maximum atomic E-state index is 14.1. The van der Waals surface area contributed by atoms with Crippen LogP contribution in [0, 0.1) is 7.14 Å². The summed E-state index contributed by atoms with van der Waals surface area (Å²) in [4.78, 5) is 32.9. The number of hydrogen-bond donors (Lipinski definition) is 0. The van der Waals surface area contributed by atoms with E-state index in [4.69, 9.17) is 23.9 Å². The van der Waals surface area contributed by atoms with E-state index in [0.717, 1.165) is 24.9 Å². The lowest BCUT2D eigenvalue weighted by molar-refractivity contribution is -0.139. The monoisotopic (exact) mass is 800 g/mol. The van der Waals surface area contributed by atoms with Crippen LogP contribution in [0.2, 0.25) is 0 Å². The maximum Gasteiger partial charge on any atom is 0.338 e. The highest BCUT2D eigenvalue weighted by Gasteiger charge is 2.36. The van der Waals surface area contributed by atoms with Gasteiger partial charge in [0.15, 0.2) is 4.80 Å². The van der Waals surface area contributed by atoms with E-state index in [-0.39, 0.29) is 12.2 Å². The van der Waals surface area contributed by atoms with Crippen LogP contribution in [0.3, 0.4) is 0 Å². The van der Waals surface area contributed by atoms with E-state index in [0.29, 0.717) is 50.7 Å². The predicted molar refractivity (Wildman–Crippen MR) is 177 cm³/mol. The van der Waals surface area contributed by atoms with Gasteiger partial charge in [-0.15, -0.1) is 0 Å². The molecule has 2 heterocycles. The second-order valence-electron chi connectivity index (χ2n) is 8.93. The van der Waals surface area contributed by atoms with Gasteiger partial charge >= 0.3 is 5.97 Å². The van der Waals surface area contributed by atoms with Crippen LogP contribution < -0.4 is 29.1 Å². The van der Waals surface area contributed by atoms with Crippen LogP contribution in [-0.2, 0) is 9.53 Å². The third-order valence-corrected chi connectivity index (χ3v) is 8.87. The zero-order valence-corrected chi connectivity index (χ0v) is 28.3. The van der Waals surface area contributed by atoms with Crippen molar-refractivity contribution in [2.75, 3.05) is 27.4 Å². The number of benzene rings is 2. The van der Waals surface area contributed by atoms with E-state index < -0.39 is 12.0 Å². The molecular weight excluding hydrogens is 770 g/mol. The minimum Gasteiger partial charge on any atom is -0.497 e. The quantitative estimate of drug-likeness (QED) is 0.147. The largest absolute Gasteiger partial charge is 0.497 e. The van der Waals surface area contributed by atoms with Crippen molar-refractivity contribution >= 4 is 68.6 Å². The Labute approximate surface area is 269 Å². The van der Waals surface area contributed by atoms with Crippen LogP contribution in [0.5, 0.6) is 17.2 Å². The molecule has 0 saturated carbocycles. The number of carbonyl (C=O) groups excluding carboxylic acids is 1. The molecule has 1 aromatic heterocycles. The Morgan fingerprint density at radius 3 is 2.49 bits per heavy atom. The van der Waals surface area contributed by atoms with Gasteiger partial charge in [0.25, 0.3) is 5.56 Å². The van der Waals surface area contributed by atoms with Crippen LogP contribution in [0.1, 0.15) is 43.9 Å². The van der Waals surface area contributed by atoms with Gasteiger partial charge in [-0.3, -0.25) is 9.36 Å². The maximum absolute atomic E-state index is 14.1. The second-order valence-corrected chi connectivity index (χ2v) is 12.3. The lowest BCUT2D eigenvalue weighted by atomic mass is 9.93. The number of esters is 1. The summed E-state index contributed by atoms with van der Waals surface area (Å²) in [6, 6.07) is 8.46. The first-order chi connectivity index (χ1) is 19.8.